The summed E-state index contributed by atoms with van der Waals surface area (Å²) in [5, 5.41) is 0. The lowest BCUT2D eigenvalue weighted by atomic mass is 10.0. The fraction of sp³-hybridized carbons (Fsp3) is 0.900. The first-order valence-corrected chi connectivity index (χ1v) is 5.14. The van der Waals surface area contributed by atoms with Gasteiger partial charge in [0.2, 0.25) is 5.91 Å². The summed E-state index contributed by atoms with van der Waals surface area (Å²) >= 11 is 0. The van der Waals surface area contributed by atoms with Crippen LogP contribution in [0, 0.1) is 5.92 Å². The van der Waals surface area contributed by atoms with Crippen molar-refractivity contribution in [2.75, 3.05) is 20.3 Å². The summed E-state index contributed by atoms with van der Waals surface area (Å²) in [4.78, 5) is 13.6. The summed E-state index contributed by atoms with van der Waals surface area (Å²) in [5.41, 5.74) is 5.80. The van der Waals surface area contributed by atoms with Crippen molar-refractivity contribution in [1.29, 1.82) is 0 Å². The smallest absolute Gasteiger partial charge is 0.239 e. The van der Waals surface area contributed by atoms with Crippen molar-refractivity contribution in [2.24, 2.45) is 11.7 Å². The van der Waals surface area contributed by atoms with E-state index in [0.717, 1.165) is 13.0 Å². The van der Waals surface area contributed by atoms with Crippen LogP contribution in [0.5, 0.6) is 0 Å². The molecular formula is C10H21ClN2O2. The van der Waals surface area contributed by atoms with Gasteiger partial charge in [0.1, 0.15) is 0 Å². The topological polar surface area (TPSA) is 55.6 Å². The van der Waals surface area contributed by atoms with Crippen LogP contribution in [-0.4, -0.2) is 43.2 Å². The zero-order chi connectivity index (χ0) is 10.7. The highest BCUT2D eigenvalue weighted by atomic mass is 35.5. The fourth-order valence-corrected chi connectivity index (χ4v) is 1.53. The predicted octanol–water partition coefficient (Wildman–Crippen LogP) is 0.639. The molecule has 1 rings (SSSR count). The van der Waals surface area contributed by atoms with E-state index in [9.17, 15) is 4.79 Å². The van der Waals surface area contributed by atoms with Crippen LogP contribution in [0.4, 0.5) is 0 Å². The number of carbonyl (C=O) groups is 1. The molecule has 1 fully saturated rings. The largest absolute Gasteiger partial charge is 0.379 e. The number of carbonyl (C=O) groups excluding carboxylic acids is 1. The van der Waals surface area contributed by atoms with Crippen LogP contribution in [0.15, 0.2) is 0 Å². The van der Waals surface area contributed by atoms with Crippen molar-refractivity contribution < 1.29 is 9.53 Å². The molecule has 4 nitrogen and oxygen atoms in total. The van der Waals surface area contributed by atoms with E-state index >= 15 is 0 Å². The van der Waals surface area contributed by atoms with E-state index in [1.165, 1.54) is 0 Å². The first-order chi connectivity index (χ1) is 6.54. The molecule has 5 heteroatoms. The van der Waals surface area contributed by atoms with Crippen molar-refractivity contribution in [3.8, 4) is 0 Å². The van der Waals surface area contributed by atoms with Gasteiger partial charge in [0, 0.05) is 13.7 Å². The molecule has 1 aliphatic rings. The maximum atomic E-state index is 11.8. The summed E-state index contributed by atoms with van der Waals surface area (Å²) in [6.45, 7) is 5.31. The molecule has 0 aromatic rings. The molecule has 0 saturated carbocycles. The summed E-state index contributed by atoms with van der Waals surface area (Å²) in [6.07, 6.45) is 0.924. The molecule has 1 amide bonds. The quantitative estimate of drug-likeness (QED) is 0.783. The Bertz CT molecular complexity index is 206. The van der Waals surface area contributed by atoms with Crippen molar-refractivity contribution in [2.45, 2.75) is 32.4 Å². The third-order valence-electron chi connectivity index (χ3n) is 2.80. The lowest BCUT2D eigenvalue weighted by Crippen LogP contribution is -2.48. The molecule has 0 aromatic carbocycles. The van der Waals surface area contributed by atoms with Gasteiger partial charge in [-0.15, -0.1) is 12.4 Å². The van der Waals surface area contributed by atoms with Crippen LogP contribution in [0.1, 0.15) is 20.3 Å². The molecule has 0 spiro atoms. The van der Waals surface area contributed by atoms with Gasteiger partial charge in [-0.2, -0.15) is 0 Å². The number of amides is 1. The van der Waals surface area contributed by atoms with Crippen LogP contribution in [0.25, 0.3) is 0 Å². The van der Waals surface area contributed by atoms with Crippen LogP contribution < -0.4 is 5.73 Å². The van der Waals surface area contributed by atoms with Crippen molar-refractivity contribution in [1.82, 2.24) is 4.90 Å². The number of ether oxygens (including phenoxy) is 1. The molecular weight excluding hydrogens is 216 g/mol. The van der Waals surface area contributed by atoms with Gasteiger partial charge in [-0.3, -0.25) is 4.79 Å². The van der Waals surface area contributed by atoms with Crippen molar-refractivity contribution in [3.05, 3.63) is 0 Å². The van der Waals surface area contributed by atoms with E-state index in [1.807, 2.05) is 20.9 Å². The number of likely N-dealkylation sites (N-methyl/N-ethyl adjacent to an activating group) is 1. The average Bonchev–Trinajstić information content (AvgIpc) is 2.67. The molecule has 1 heterocycles. The predicted molar refractivity (Wildman–Crippen MR) is 62.1 cm³/mol. The highest BCUT2D eigenvalue weighted by Crippen LogP contribution is 2.13. The molecule has 90 valence electrons. The maximum absolute atomic E-state index is 11.8. The normalized spacial score (nSPS) is 22.3. The van der Waals surface area contributed by atoms with Gasteiger partial charge in [-0.05, 0) is 12.3 Å². The fourth-order valence-electron chi connectivity index (χ4n) is 1.53. The minimum absolute atomic E-state index is 0. The minimum atomic E-state index is -0.388. The van der Waals surface area contributed by atoms with Gasteiger partial charge in [0.05, 0.1) is 18.7 Å². The second-order valence-corrected chi connectivity index (χ2v) is 4.24. The zero-order valence-electron chi connectivity index (χ0n) is 9.60. The molecule has 1 saturated heterocycles. The van der Waals surface area contributed by atoms with Crippen LogP contribution in [0.2, 0.25) is 0 Å². The number of hydrogen-bond acceptors (Lipinski definition) is 3. The third-order valence-corrected chi connectivity index (χ3v) is 2.80. The SMILES string of the molecule is CC(C)[C@H](N)C(=O)N(C)C1CCOC1.Cl. The van der Waals surface area contributed by atoms with E-state index in [2.05, 4.69) is 0 Å². The molecule has 1 unspecified atom stereocenters. The summed E-state index contributed by atoms with van der Waals surface area (Å²) in [5.74, 6) is 0.211. The Labute approximate surface area is 97.5 Å². The molecule has 2 atom stereocenters. The summed E-state index contributed by atoms with van der Waals surface area (Å²) in [7, 11) is 1.81. The second-order valence-electron chi connectivity index (χ2n) is 4.24. The number of nitrogens with two attached hydrogens (primary N) is 1. The molecule has 0 radical (unpaired) electrons. The monoisotopic (exact) mass is 236 g/mol. The molecule has 0 aliphatic carbocycles. The minimum Gasteiger partial charge on any atom is -0.379 e. The van der Waals surface area contributed by atoms with E-state index in [0.29, 0.717) is 6.61 Å². The average molecular weight is 237 g/mol. The standard InChI is InChI=1S/C10H20N2O2.ClH/c1-7(2)9(11)10(13)12(3)8-4-5-14-6-8;/h7-9H,4-6,11H2,1-3H3;1H/t8?,9-;/m0./s1. The Morgan fingerprint density at radius 3 is 2.53 bits per heavy atom. The molecule has 2 N–H and O–H groups in total. The Balaban J connectivity index is 0.00000196. The molecule has 15 heavy (non-hydrogen) atoms. The molecule has 0 bridgehead atoms. The van der Waals surface area contributed by atoms with E-state index in [4.69, 9.17) is 10.5 Å². The van der Waals surface area contributed by atoms with Crippen molar-refractivity contribution >= 4 is 18.3 Å². The molecule has 0 aromatic heterocycles. The Kier molecular flexibility index (Phi) is 6.17. The zero-order valence-corrected chi connectivity index (χ0v) is 10.4. The first-order valence-electron chi connectivity index (χ1n) is 5.14. The summed E-state index contributed by atoms with van der Waals surface area (Å²) in [6, 6.07) is -0.173. The van der Waals surface area contributed by atoms with Crippen LogP contribution in [0.3, 0.4) is 0 Å². The van der Waals surface area contributed by atoms with Crippen LogP contribution in [-0.2, 0) is 9.53 Å². The number of hydrogen-bond donors (Lipinski definition) is 1. The number of rotatable bonds is 3. The second kappa shape index (κ2) is 6.30. The van der Waals surface area contributed by atoms with Gasteiger partial charge < -0.3 is 15.4 Å². The Morgan fingerprint density at radius 2 is 2.13 bits per heavy atom. The Hall–Kier alpha value is -0.320. The van der Waals surface area contributed by atoms with Gasteiger partial charge >= 0.3 is 0 Å². The number of nitrogens with zero attached hydrogens (tertiary/aromatic N) is 1. The number of halogens is 1. The van der Waals surface area contributed by atoms with E-state index in [1.54, 1.807) is 4.90 Å². The third kappa shape index (κ3) is 3.63. The summed E-state index contributed by atoms with van der Waals surface area (Å²) < 4.78 is 5.23. The lowest BCUT2D eigenvalue weighted by molar-refractivity contribution is -0.134. The Morgan fingerprint density at radius 1 is 1.53 bits per heavy atom. The highest BCUT2D eigenvalue weighted by Gasteiger charge is 2.28. The van der Waals surface area contributed by atoms with Gasteiger partial charge in [-0.25, -0.2) is 0 Å². The van der Waals surface area contributed by atoms with Crippen molar-refractivity contribution in [3.63, 3.8) is 0 Å². The molecule has 1 aliphatic heterocycles. The lowest BCUT2D eigenvalue weighted by Gasteiger charge is -2.27. The van der Waals surface area contributed by atoms with Gasteiger partial charge in [0.25, 0.3) is 0 Å². The first kappa shape index (κ1) is 14.7. The highest BCUT2D eigenvalue weighted by molar-refractivity contribution is 5.85. The van der Waals surface area contributed by atoms with Crippen LogP contribution >= 0.6 is 12.4 Å². The maximum Gasteiger partial charge on any atom is 0.239 e. The van der Waals surface area contributed by atoms with E-state index in [-0.39, 0.29) is 36.3 Å². The van der Waals surface area contributed by atoms with E-state index < -0.39 is 0 Å². The van der Waals surface area contributed by atoms with Gasteiger partial charge in [0.15, 0.2) is 0 Å². The van der Waals surface area contributed by atoms with Gasteiger partial charge in [-0.1, -0.05) is 13.8 Å².